The molecule has 1 aliphatic heterocycles. The summed E-state index contributed by atoms with van der Waals surface area (Å²) < 4.78 is 38.9. The molecule has 0 saturated heterocycles. The molecule has 0 spiro atoms. The second-order valence-corrected chi connectivity index (χ2v) is 7.77. The number of benzene rings is 1. The molecule has 10 heteroatoms. The monoisotopic (exact) mass is 449 g/mol. The zero-order valence-electron chi connectivity index (χ0n) is 17.3. The first kappa shape index (κ1) is 23.0. The number of likely N-dealkylation sites (N-methyl/N-ethyl adjacent to an activating group) is 1. The van der Waals surface area contributed by atoms with Crippen LogP contribution < -0.4 is 34.7 Å². The van der Waals surface area contributed by atoms with E-state index in [1.807, 2.05) is 24.3 Å². The molecule has 0 amide bonds. The van der Waals surface area contributed by atoms with Gasteiger partial charge in [-0.15, -0.1) is 0 Å². The molecule has 0 aromatic heterocycles. The van der Waals surface area contributed by atoms with Gasteiger partial charge in [0.05, 0.1) is 37.9 Å². The summed E-state index contributed by atoms with van der Waals surface area (Å²) in [6, 6.07) is 4.03. The van der Waals surface area contributed by atoms with Crippen LogP contribution in [0.3, 0.4) is 0 Å². The van der Waals surface area contributed by atoms with Gasteiger partial charge in [-0.2, -0.15) is 14.0 Å². The lowest BCUT2D eigenvalue weighted by Crippen LogP contribution is -2.58. The zero-order chi connectivity index (χ0) is 22.8. The number of carbonyl (C=O) groups is 1. The van der Waals surface area contributed by atoms with Crippen molar-refractivity contribution in [3.8, 4) is 5.75 Å². The van der Waals surface area contributed by atoms with Crippen molar-refractivity contribution in [2.45, 2.75) is 26.8 Å². The summed E-state index contributed by atoms with van der Waals surface area (Å²) in [6.07, 6.45) is 7.47. The lowest BCUT2D eigenvalue weighted by atomic mass is 9.84. The molecule has 0 saturated carbocycles. The van der Waals surface area contributed by atoms with Gasteiger partial charge in [0, 0.05) is 18.3 Å². The van der Waals surface area contributed by atoms with Crippen LogP contribution in [0.15, 0.2) is 59.0 Å². The summed E-state index contributed by atoms with van der Waals surface area (Å²) in [4.78, 5) is 12.6. The number of fused-ring (bicyclic) bond motifs is 3. The Morgan fingerprint density at radius 3 is 2.58 bits per heavy atom. The fraction of sp³-hybridized carbons (Fsp3) is 0.286. The average Bonchev–Trinajstić information content (AvgIpc) is 2.67. The maximum atomic E-state index is 12.6. The standard InChI is InChI=1S/C21H23N3O2.ClHO4/c1-4-22-14-10-18-16(9-12(14)3)24-21-19(26-18)11-15(23-5-2)13-7-6-8-17(25)20(13)21;2-1(3,4)5/h6-11,15,22-24H,4-5H2,1-3H3;(H,2,3,4,5). The summed E-state index contributed by atoms with van der Waals surface area (Å²) in [7, 11) is -4.69. The van der Waals surface area contributed by atoms with Gasteiger partial charge < -0.3 is 20.7 Å². The van der Waals surface area contributed by atoms with E-state index in [0.29, 0.717) is 11.3 Å². The molecule has 1 aromatic rings. The van der Waals surface area contributed by atoms with Gasteiger partial charge in [0.15, 0.2) is 11.5 Å². The summed E-state index contributed by atoms with van der Waals surface area (Å²) in [6.45, 7) is 7.84. The molecule has 1 aromatic carbocycles. The highest BCUT2D eigenvalue weighted by atomic mass is 35.7. The number of ketones is 1. The number of halogens is 1. The number of hydrogen-bond acceptors (Lipinski definition) is 9. The Bertz CT molecular complexity index is 1000. The van der Waals surface area contributed by atoms with Crippen molar-refractivity contribution in [1.82, 2.24) is 5.32 Å². The normalized spacial score (nSPS) is 18.9. The number of hydrogen-bond donors (Lipinski definition) is 4. The highest BCUT2D eigenvalue weighted by Gasteiger charge is 2.34. The smallest absolute Gasteiger partial charge is 0.188 e. The molecule has 3 aliphatic rings. The van der Waals surface area contributed by atoms with Gasteiger partial charge in [-0.05, 0) is 49.7 Å². The third kappa shape index (κ3) is 5.34. The van der Waals surface area contributed by atoms with E-state index in [4.69, 9.17) is 23.4 Å². The van der Waals surface area contributed by atoms with Crippen molar-refractivity contribution in [3.63, 3.8) is 0 Å². The second-order valence-electron chi connectivity index (χ2n) is 6.98. The fourth-order valence-electron chi connectivity index (χ4n) is 3.62. The topological polar surface area (TPSA) is 152 Å². The van der Waals surface area contributed by atoms with Gasteiger partial charge in [-0.1, -0.05) is 19.1 Å². The van der Waals surface area contributed by atoms with E-state index in [1.54, 1.807) is 6.08 Å². The first-order chi connectivity index (χ1) is 14.6. The molecular weight excluding hydrogens is 426 g/mol. The number of rotatable bonds is 4. The predicted octanol–water partition coefficient (Wildman–Crippen LogP) is -0.698. The van der Waals surface area contributed by atoms with Gasteiger partial charge in [-0.25, -0.2) is 0 Å². The minimum Gasteiger partial charge on any atom is -0.453 e. The van der Waals surface area contributed by atoms with Crippen molar-refractivity contribution in [1.29, 1.82) is 0 Å². The van der Waals surface area contributed by atoms with Gasteiger partial charge in [0.1, 0.15) is 5.76 Å². The molecule has 31 heavy (non-hydrogen) atoms. The van der Waals surface area contributed by atoms with E-state index in [-0.39, 0.29) is 11.8 Å². The van der Waals surface area contributed by atoms with Crippen LogP contribution in [0, 0.1) is 17.2 Å². The van der Waals surface area contributed by atoms with E-state index < -0.39 is 10.2 Å². The Morgan fingerprint density at radius 1 is 1.23 bits per heavy atom. The molecule has 1 heterocycles. The molecule has 2 aliphatic carbocycles. The molecule has 9 nitrogen and oxygen atoms in total. The lowest BCUT2D eigenvalue weighted by Gasteiger charge is -2.34. The molecule has 4 N–H and O–H groups in total. The quantitative estimate of drug-likeness (QED) is 0.467. The number of nitrogens with one attached hydrogen (secondary N) is 3. The maximum Gasteiger partial charge on any atom is 0.188 e. The molecule has 0 radical (unpaired) electrons. The third-order valence-corrected chi connectivity index (χ3v) is 4.81. The molecule has 0 bridgehead atoms. The number of ether oxygens (including phenoxy) is 1. The van der Waals surface area contributed by atoms with Crippen LogP contribution in [0.4, 0.5) is 11.4 Å². The van der Waals surface area contributed by atoms with Crippen LogP contribution in [0.5, 0.6) is 5.75 Å². The minimum atomic E-state index is -4.69. The largest absolute Gasteiger partial charge is 0.453 e. The Hall–Kier alpha value is -2.66. The van der Waals surface area contributed by atoms with Crippen molar-refractivity contribution >= 4 is 17.2 Å². The number of allylic oxidation sites excluding steroid dienone is 3. The van der Waals surface area contributed by atoms with Crippen molar-refractivity contribution in [2.75, 3.05) is 23.7 Å². The maximum absolute atomic E-state index is 12.6. The fourth-order valence-corrected chi connectivity index (χ4v) is 3.62. The number of aryl methyl sites for hydroxylation is 1. The zero-order valence-corrected chi connectivity index (χ0v) is 18.1. The van der Waals surface area contributed by atoms with Crippen molar-refractivity contribution in [3.05, 3.63) is 64.6 Å². The van der Waals surface area contributed by atoms with Crippen LogP contribution in [0.25, 0.3) is 0 Å². The first-order valence-electron chi connectivity index (χ1n) is 9.71. The average molecular weight is 450 g/mol. The second kappa shape index (κ2) is 9.23. The van der Waals surface area contributed by atoms with Gasteiger partial charge in [0.2, 0.25) is 0 Å². The Balaban J connectivity index is 0.000000491. The molecular formula is C21H24ClN3O6. The predicted molar refractivity (Wildman–Crippen MR) is 107 cm³/mol. The molecule has 0 fully saturated rings. The first-order valence-corrected chi connectivity index (χ1v) is 11.0. The van der Waals surface area contributed by atoms with E-state index in [0.717, 1.165) is 47.0 Å². The van der Waals surface area contributed by atoms with Crippen LogP contribution in [-0.2, 0) is 4.79 Å². The van der Waals surface area contributed by atoms with Crippen LogP contribution in [-0.4, -0.2) is 29.6 Å². The molecule has 4 rings (SSSR count). The molecule has 166 valence electrons. The minimum absolute atomic E-state index is 0.00606. The van der Waals surface area contributed by atoms with Crippen LogP contribution in [0.1, 0.15) is 19.4 Å². The van der Waals surface area contributed by atoms with E-state index in [1.165, 1.54) is 0 Å². The third-order valence-electron chi connectivity index (χ3n) is 4.81. The molecule has 1 unspecified atom stereocenters. The van der Waals surface area contributed by atoms with Gasteiger partial charge >= 0.3 is 0 Å². The highest BCUT2D eigenvalue weighted by molar-refractivity contribution is 6.11. The van der Waals surface area contributed by atoms with Crippen LogP contribution in [0.2, 0.25) is 0 Å². The number of carbonyl (C=O) groups excluding carboxylic acids is 1. The van der Waals surface area contributed by atoms with Crippen LogP contribution >= 0.6 is 0 Å². The van der Waals surface area contributed by atoms with E-state index in [2.05, 4.69) is 42.8 Å². The van der Waals surface area contributed by atoms with Gasteiger partial charge in [-0.3, -0.25) is 4.79 Å². The Labute approximate surface area is 182 Å². The van der Waals surface area contributed by atoms with Crippen molar-refractivity contribution in [2.24, 2.45) is 0 Å². The summed E-state index contributed by atoms with van der Waals surface area (Å²) in [5.74, 6) is 1.47. The summed E-state index contributed by atoms with van der Waals surface area (Å²) in [5, 5.41) is 10.2. The Morgan fingerprint density at radius 2 is 1.94 bits per heavy atom. The van der Waals surface area contributed by atoms with Crippen molar-refractivity contribution < 1.29 is 38.4 Å². The Kier molecular flexibility index (Phi) is 6.85. The SMILES string of the molecule is CCNc1cc2c(cc1C)NC1=C3C(=O)C=CC=C3C(NCC)C=C1O2.[O-][Cl+3]([O-])([O-])O. The lowest BCUT2D eigenvalue weighted by molar-refractivity contribution is -1.92. The number of anilines is 2. The highest BCUT2D eigenvalue weighted by Crippen LogP contribution is 2.43. The summed E-state index contributed by atoms with van der Waals surface area (Å²) >= 11 is 0. The molecule has 1 atom stereocenters. The van der Waals surface area contributed by atoms with E-state index in [9.17, 15) is 4.79 Å². The summed E-state index contributed by atoms with van der Waals surface area (Å²) in [5.41, 5.74) is 5.50. The van der Waals surface area contributed by atoms with E-state index >= 15 is 0 Å². The van der Waals surface area contributed by atoms with Gasteiger partial charge in [0.25, 0.3) is 0 Å².